The number of aromatic nitrogens is 3. The van der Waals surface area contributed by atoms with Crippen molar-refractivity contribution in [2.75, 3.05) is 20.6 Å². The number of imidazole rings is 1. The molecule has 4 heterocycles. The standard InChI is InChI=1S/C47H59ClN6O8S2/c1-29(2)54-37-21-15-19-35(42-49-33(28-63-42)22-30-16-13-14-20-36(30)48)41(37)50-45(54)61-34-24-38-39(55)26-47(44(58)51-64(59,60)52(6)7)25-32(47)18-12-10-8-9-11-17-31(43(57)53(38)27-34)23-40(56)62-46(3,4)5/h12-16,18-21,28-29,31-32,34,38H,8-11,17,22-27H2,1-7H3,(H,51,58)/b18-12-/t31-,32+,34-,38+,47-/m1/s1. The molecule has 17 heteroatoms. The number of ketones is 1. The highest BCUT2D eigenvalue weighted by atomic mass is 35.5. The molecule has 14 nitrogen and oxygen atoms in total. The van der Waals surface area contributed by atoms with Gasteiger partial charge in [-0.3, -0.25) is 23.7 Å². The number of halogens is 1. The van der Waals surface area contributed by atoms with E-state index in [-0.39, 0.29) is 55.9 Å². The number of ether oxygens (including phenoxy) is 2. The van der Waals surface area contributed by atoms with Crippen molar-refractivity contribution in [1.29, 1.82) is 0 Å². The average Bonchev–Trinajstić information content (AvgIpc) is 3.53. The van der Waals surface area contributed by atoms with Gasteiger partial charge in [0.25, 0.3) is 6.01 Å². The van der Waals surface area contributed by atoms with E-state index in [2.05, 4.69) is 4.72 Å². The summed E-state index contributed by atoms with van der Waals surface area (Å²) in [5.74, 6) is -3.11. The largest absolute Gasteiger partial charge is 0.460 e. The molecule has 5 atom stereocenters. The summed E-state index contributed by atoms with van der Waals surface area (Å²) in [5, 5.41) is 3.49. The maximum Gasteiger partial charge on any atom is 0.307 e. The lowest BCUT2D eigenvalue weighted by atomic mass is 9.90. The van der Waals surface area contributed by atoms with Gasteiger partial charge in [0.1, 0.15) is 22.2 Å². The summed E-state index contributed by atoms with van der Waals surface area (Å²) in [6.07, 6.45) is 7.17. The van der Waals surface area contributed by atoms with Gasteiger partial charge in [0, 0.05) is 61.3 Å². The number of thiazole rings is 1. The molecule has 344 valence electrons. The van der Waals surface area contributed by atoms with Crippen LogP contribution >= 0.6 is 22.9 Å². The molecule has 3 aliphatic rings. The first kappa shape index (κ1) is 47.3. The third kappa shape index (κ3) is 10.6. The van der Waals surface area contributed by atoms with Crippen LogP contribution < -0.4 is 9.46 Å². The Bertz CT molecular complexity index is 2550. The molecule has 0 unspecified atom stereocenters. The number of para-hydroxylation sites is 1. The van der Waals surface area contributed by atoms with E-state index in [1.165, 1.54) is 30.3 Å². The van der Waals surface area contributed by atoms with Crippen LogP contribution in [0.5, 0.6) is 6.01 Å². The van der Waals surface area contributed by atoms with Crippen LogP contribution in [-0.4, -0.2) is 94.1 Å². The fourth-order valence-electron chi connectivity index (χ4n) is 8.87. The smallest absolute Gasteiger partial charge is 0.307 e. The summed E-state index contributed by atoms with van der Waals surface area (Å²) < 4.78 is 43.3. The van der Waals surface area contributed by atoms with Crippen molar-refractivity contribution >= 4 is 67.7 Å². The second-order valence-corrected chi connectivity index (χ2v) is 22.0. The lowest BCUT2D eigenvalue weighted by Crippen LogP contribution is -2.47. The predicted octanol–water partition coefficient (Wildman–Crippen LogP) is 8.09. The lowest BCUT2D eigenvalue weighted by molar-refractivity contribution is -0.159. The van der Waals surface area contributed by atoms with Gasteiger partial charge in [0.2, 0.25) is 11.8 Å². The topological polar surface area (TPSA) is 170 Å². The Balaban J connectivity index is 1.22. The minimum atomic E-state index is -4.15. The van der Waals surface area contributed by atoms with E-state index in [1.54, 1.807) is 20.8 Å². The van der Waals surface area contributed by atoms with Gasteiger partial charge in [0.05, 0.1) is 35.6 Å². The van der Waals surface area contributed by atoms with Crippen LogP contribution in [0.25, 0.3) is 21.6 Å². The van der Waals surface area contributed by atoms with Gasteiger partial charge in [-0.25, -0.2) is 9.71 Å². The highest BCUT2D eigenvalue weighted by molar-refractivity contribution is 7.87. The highest BCUT2D eigenvalue weighted by Gasteiger charge is 2.61. The molecule has 1 aliphatic carbocycles. The first-order chi connectivity index (χ1) is 30.3. The molecule has 1 N–H and O–H groups in total. The van der Waals surface area contributed by atoms with Crippen molar-refractivity contribution in [3.05, 3.63) is 76.3 Å². The van der Waals surface area contributed by atoms with Crippen LogP contribution in [0, 0.1) is 17.3 Å². The van der Waals surface area contributed by atoms with E-state index in [4.69, 9.17) is 31.0 Å². The van der Waals surface area contributed by atoms with E-state index < -0.39 is 51.2 Å². The van der Waals surface area contributed by atoms with Gasteiger partial charge >= 0.3 is 16.2 Å². The predicted molar refractivity (Wildman–Crippen MR) is 247 cm³/mol. The minimum absolute atomic E-state index is 0.0314. The van der Waals surface area contributed by atoms with Gasteiger partial charge < -0.3 is 14.4 Å². The number of nitrogens with zero attached hydrogens (tertiary/aromatic N) is 5. The second-order valence-electron chi connectivity index (χ2n) is 18.8. The molecular weight excluding hydrogens is 876 g/mol. The molecule has 1 saturated heterocycles. The van der Waals surface area contributed by atoms with Crippen LogP contribution in [0.4, 0.5) is 0 Å². The SMILES string of the molecule is CC(C)n1c(O[C@@H]2C[C@H]3C(=O)C[C@]4(C(=O)NS(=O)(=O)N(C)C)C[C@@H]4/C=C\CCCCC[C@H](CC(=O)OC(C)(C)C)C(=O)N3C2)nc2c(-c3nc(Cc4ccccc4Cl)cs3)cccc21. The van der Waals surface area contributed by atoms with E-state index in [0.717, 1.165) is 44.5 Å². The van der Waals surface area contributed by atoms with Crippen molar-refractivity contribution in [1.82, 2.24) is 28.5 Å². The van der Waals surface area contributed by atoms with Crippen LogP contribution in [0.2, 0.25) is 5.02 Å². The Labute approximate surface area is 384 Å². The van der Waals surface area contributed by atoms with Crippen LogP contribution in [-0.2, 0) is 40.5 Å². The number of benzene rings is 2. The van der Waals surface area contributed by atoms with E-state index in [1.807, 2.05) is 78.4 Å². The zero-order chi connectivity index (χ0) is 46.1. The maximum atomic E-state index is 14.8. The molecule has 0 spiro atoms. The molecule has 2 amide bonds. The third-order valence-electron chi connectivity index (χ3n) is 12.3. The summed E-state index contributed by atoms with van der Waals surface area (Å²) in [5.41, 5.74) is 2.14. The second kappa shape index (κ2) is 19.1. The average molecular weight is 936 g/mol. The van der Waals surface area contributed by atoms with E-state index in [0.29, 0.717) is 42.2 Å². The van der Waals surface area contributed by atoms with Gasteiger partial charge in [-0.15, -0.1) is 11.3 Å². The number of allylic oxidation sites excluding steroid dienone is 2. The van der Waals surface area contributed by atoms with E-state index in [9.17, 15) is 27.6 Å². The van der Waals surface area contributed by atoms with Crippen molar-refractivity contribution in [3.8, 4) is 16.6 Å². The summed E-state index contributed by atoms with van der Waals surface area (Å²) in [6.45, 7) is 9.42. The highest BCUT2D eigenvalue weighted by Crippen LogP contribution is 2.57. The van der Waals surface area contributed by atoms with Crippen molar-refractivity contribution in [2.45, 2.75) is 123 Å². The van der Waals surface area contributed by atoms with Crippen LogP contribution in [0.1, 0.15) is 110 Å². The van der Waals surface area contributed by atoms with Crippen molar-refractivity contribution < 1.29 is 37.1 Å². The molecule has 7 rings (SSSR count). The number of fused-ring (bicyclic) bond motifs is 3. The summed E-state index contributed by atoms with van der Waals surface area (Å²) in [4.78, 5) is 68.3. The summed E-state index contributed by atoms with van der Waals surface area (Å²) in [7, 11) is -1.50. The van der Waals surface area contributed by atoms with Crippen LogP contribution in [0.3, 0.4) is 0 Å². The van der Waals surface area contributed by atoms with Gasteiger partial charge in [-0.1, -0.05) is 60.9 Å². The molecule has 4 aromatic rings. The number of carbonyl (C=O) groups is 4. The minimum Gasteiger partial charge on any atom is -0.460 e. The Morgan fingerprint density at radius 2 is 1.83 bits per heavy atom. The molecule has 2 aromatic carbocycles. The van der Waals surface area contributed by atoms with Gasteiger partial charge in [-0.2, -0.15) is 17.7 Å². The van der Waals surface area contributed by atoms with Crippen molar-refractivity contribution in [3.63, 3.8) is 0 Å². The quantitative estimate of drug-likeness (QED) is 0.115. The maximum absolute atomic E-state index is 14.8. The molecule has 0 bridgehead atoms. The van der Waals surface area contributed by atoms with Crippen molar-refractivity contribution in [2.24, 2.45) is 17.3 Å². The lowest BCUT2D eigenvalue weighted by Gasteiger charge is -2.29. The Morgan fingerprint density at radius 1 is 1.06 bits per heavy atom. The zero-order valence-corrected chi connectivity index (χ0v) is 40.0. The van der Waals surface area contributed by atoms with Gasteiger partial charge in [0.15, 0.2) is 5.78 Å². The molecule has 2 aliphatic heterocycles. The zero-order valence-electron chi connectivity index (χ0n) is 37.6. The molecule has 0 radical (unpaired) electrons. The Morgan fingerprint density at radius 3 is 2.55 bits per heavy atom. The summed E-state index contributed by atoms with van der Waals surface area (Å²) >= 11 is 7.98. The fraction of sp³-hybridized carbons (Fsp3) is 0.532. The first-order valence-corrected chi connectivity index (χ1v) is 24.8. The molecule has 1 saturated carbocycles. The molecular formula is C47H59ClN6O8S2. The Kier molecular flexibility index (Phi) is 14.1. The monoisotopic (exact) mass is 934 g/mol. The fourth-order valence-corrected chi connectivity index (χ4v) is 10.5. The number of carbonyl (C=O) groups excluding carboxylic acids is 4. The number of nitrogens with one attached hydrogen (secondary N) is 1. The number of hydrogen-bond acceptors (Lipinski definition) is 11. The van der Waals surface area contributed by atoms with E-state index >= 15 is 0 Å². The Hall–Kier alpha value is -4.64. The number of rotatable bonds is 11. The normalized spacial score (nSPS) is 23.9. The number of amides is 2. The molecule has 64 heavy (non-hydrogen) atoms. The first-order valence-electron chi connectivity index (χ1n) is 22.1. The number of Topliss-reactive ketones (excluding diaryl/α,β-unsaturated/α-hetero) is 1. The number of hydrogen-bond donors (Lipinski definition) is 1. The molecule has 2 aromatic heterocycles. The van der Waals surface area contributed by atoms with Crippen LogP contribution in [0.15, 0.2) is 60.0 Å². The number of esters is 1. The molecule has 2 fully saturated rings. The van der Waals surface area contributed by atoms with Gasteiger partial charge in [-0.05, 0) is 90.0 Å². The third-order valence-corrected chi connectivity index (χ3v) is 15.0. The summed E-state index contributed by atoms with van der Waals surface area (Å²) in [6, 6.07) is 12.8.